The van der Waals surface area contributed by atoms with Crippen LogP contribution in [0, 0.1) is 6.92 Å². The van der Waals surface area contributed by atoms with Crippen molar-refractivity contribution in [3.8, 4) is 28.7 Å². The number of fused-ring (bicyclic) bond motifs is 1. The molecular weight excluding hydrogens is 360 g/mol. The fourth-order valence-electron chi connectivity index (χ4n) is 2.67. The van der Waals surface area contributed by atoms with Crippen LogP contribution in [-0.2, 0) is 6.42 Å². The Labute approximate surface area is 167 Å². The number of allylic oxidation sites excluding steroid dienone is 1. The maximum Gasteiger partial charge on any atom is 0.203 e. The first-order chi connectivity index (χ1) is 14.3. The topological polar surface area (TPSA) is 70.3 Å². The maximum absolute atomic E-state index is 9.69. The molecule has 1 N–H and O–H groups in total. The molecule has 2 aromatic carbocycles. The molecule has 6 heteroatoms. The number of ether oxygens (including phenoxy) is 4. The molecular formula is C22H26O6. The Morgan fingerprint density at radius 3 is 2.18 bits per heavy atom. The van der Waals surface area contributed by atoms with Gasteiger partial charge in [0.05, 0.1) is 31.2 Å². The smallest absolute Gasteiger partial charge is 0.203 e. The molecule has 6 nitrogen and oxygen atoms in total. The molecule has 3 aromatic rings. The van der Waals surface area contributed by atoms with E-state index < -0.39 is 0 Å². The Balaban J connectivity index is 0.000000215. The van der Waals surface area contributed by atoms with Gasteiger partial charge in [0.1, 0.15) is 5.76 Å². The lowest BCUT2D eigenvalue weighted by Crippen LogP contribution is -1.96. The summed E-state index contributed by atoms with van der Waals surface area (Å²) in [6.45, 7) is 5.25. The van der Waals surface area contributed by atoms with Crippen molar-refractivity contribution in [1.82, 2.24) is 0 Å². The van der Waals surface area contributed by atoms with Crippen LogP contribution in [0.2, 0.25) is 0 Å². The zero-order valence-corrected chi connectivity index (χ0v) is 16.7. The molecule has 0 atom stereocenters. The highest BCUT2D eigenvalue weighted by Crippen LogP contribution is 2.38. The second-order valence-electron chi connectivity index (χ2n) is 5.74. The number of furan rings is 1. The van der Waals surface area contributed by atoms with Crippen molar-refractivity contribution in [2.75, 3.05) is 28.4 Å². The molecule has 1 heterocycles. The summed E-state index contributed by atoms with van der Waals surface area (Å²) in [5.41, 5.74) is 1.22. The molecule has 0 aliphatic rings. The van der Waals surface area contributed by atoms with E-state index in [0.717, 1.165) is 5.56 Å². The van der Waals surface area contributed by atoms with Crippen LogP contribution in [0.5, 0.6) is 28.7 Å². The van der Waals surface area contributed by atoms with Crippen LogP contribution in [0.4, 0.5) is 0 Å². The fourth-order valence-corrected chi connectivity index (χ4v) is 2.67. The van der Waals surface area contributed by atoms with Crippen molar-refractivity contribution >= 4 is 11.0 Å². The van der Waals surface area contributed by atoms with E-state index in [9.17, 15) is 5.11 Å². The second kappa shape index (κ2) is 9.60. The molecule has 28 heavy (non-hydrogen) atoms. The number of hydrogen-bond donors (Lipinski definition) is 1. The minimum absolute atomic E-state index is 0.0494. The predicted molar refractivity (Wildman–Crippen MR) is 109 cm³/mol. The van der Waals surface area contributed by atoms with Gasteiger partial charge in [-0.15, -0.1) is 6.58 Å². The number of aromatic hydroxyl groups is 1. The first-order valence-electron chi connectivity index (χ1n) is 9.46. The molecule has 0 fully saturated rings. The van der Waals surface area contributed by atoms with Crippen LogP contribution >= 0.6 is 0 Å². The molecule has 0 radical (unpaired) electrons. The van der Waals surface area contributed by atoms with Gasteiger partial charge in [-0.1, -0.05) is 6.05 Å². The van der Waals surface area contributed by atoms with Crippen molar-refractivity contribution < 1.29 is 31.2 Å². The van der Waals surface area contributed by atoms with E-state index in [1.54, 1.807) is 40.4 Å². The largest absolute Gasteiger partial charge is 0.502 e. The maximum atomic E-state index is 9.69. The molecule has 0 amide bonds. The highest BCUT2D eigenvalue weighted by atomic mass is 16.5. The summed E-state index contributed by atoms with van der Waals surface area (Å²) in [6.07, 6.45) is 0.469. The highest BCUT2D eigenvalue weighted by Gasteiger charge is 2.12. The molecule has 3 rings (SSSR count). The fraction of sp³-hybridized carbons (Fsp3) is 0.273. The summed E-state index contributed by atoms with van der Waals surface area (Å²) >= 11 is 0. The van der Waals surface area contributed by atoms with Crippen LogP contribution in [-0.4, -0.2) is 33.5 Å². The third-order valence-electron chi connectivity index (χ3n) is 3.93. The molecule has 1 aromatic heterocycles. The van der Waals surface area contributed by atoms with Gasteiger partial charge in [0.2, 0.25) is 11.5 Å². The molecule has 0 bridgehead atoms. The number of aryl methyl sites for hydroxylation is 1. The minimum Gasteiger partial charge on any atom is -0.502 e. The van der Waals surface area contributed by atoms with Gasteiger partial charge < -0.3 is 28.5 Å². The summed E-state index contributed by atoms with van der Waals surface area (Å²) in [5, 5.41) is 10.3. The minimum atomic E-state index is -0.0494. The molecule has 0 spiro atoms. The number of benzene rings is 2. The van der Waals surface area contributed by atoms with Gasteiger partial charge in [-0.2, -0.15) is 0 Å². The van der Waals surface area contributed by atoms with Crippen LogP contribution in [0.3, 0.4) is 0 Å². The van der Waals surface area contributed by atoms with E-state index in [-0.39, 0.29) is 5.75 Å². The molecule has 0 unspecified atom stereocenters. The number of phenolic OH excluding ortho intramolecular Hbond substituents is 1. The molecule has 0 aliphatic carbocycles. The molecule has 0 saturated heterocycles. The Kier molecular flexibility index (Phi) is 6.20. The first-order valence-corrected chi connectivity index (χ1v) is 8.46. The lowest BCUT2D eigenvalue weighted by molar-refractivity contribution is 0.324. The van der Waals surface area contributed by atoms with E-state index in [1.807, 2.05) is 12.1 Å². The van der Waals surface area contributed by atoms with Crippen molar-refractivity contribution in [2.24, 2.45) is 0 Å². The summed E-state index contributed by atoms with van der Waals surface area (Å²) in [4.78, 5) is 0. The standard InChI is InChI=1S/C12H16O3.C10H10O3/c1-5-6-9-7-10(13-2)12(15-4)11(8-9)14-3;1-6-5-7-3-4-8(12-2)9(11)10(7)13-6/h5,7-8H,1,6H2,2-4H3;3-5,11H,1-2H3/i2*5D. The number of methoxy groups -OCH3 is 4. The Bertz CT molecular complexity index is 1020. The summed E-state index contributed by atoms with van der Waals surface area (Å²) in [7, 11) is 6.16. The Hall–Kier alpha value is -3.28. The highest BCUT2D eigenvalue weighted by molar-refractivity contribution is 5.86. The van der Waals surface area contributed by atoms with Gasteiger partial charge in [-0.05, 0) is 49.2 Å². The van der Waals surface area contributed by atoms with Crippen LogP contribution < -0.4 is 18.9 Å². The van der Waals surface area contributed by atoms with Crippen molar-refractivity contribution in [1.29, 1.82) is 0 Å². The first kappa shape index (κ1) is 18.1. The van der Waals surface area contributed by atoms with Gasteiger partial charge in [-0.25, -0.2) is 0 Å². The zero-order chi connectivity index (χ0) is 22.4. The SMILES string of the molecule is [2H]C(=C)Cc1cc(OC)c(OC)c(OC)c1.[2H]c1c(C)oc2c(O)c(OC)ccc12. The molecule has 150 valence electrons. The number of hydrogen-bond acceptors (Lipinski definition) is 6. The molecule has 0 saturated carbocycles. The second-order valence-corrected chi connectivity index (χ2v) is 5.74. The van der Waals surface area contributed by atoms with E-state index in [2.05, 4.69) is 6.58 Å². The normalized spacial score (nSPS) is 11.0. The quantitative estimate of drug-likeness (QED) is 0.606. The van der Waals surface area contributed by atoms with Gasteiger partial charge in [0, 0.05) is 5.39 Å². The van der Waals surface area contributed by atoms with Crippen molar-refractivity contribution in [3.63, 3.8) is 0 Å². The van der Waals surface area contributed by atoms with Crippen molar-refractivity contribution in [2.45, 2.75) is 13.3 Å². The summed E-state index contributed by atoms with van der Waals surface area (Å²) in [6, 6.07) is 7.60. The lowest BCUT2D eigenvalue weighted by Gasteiger charge is -2.13. The predicted octanol–water partition coefficient (Wildman–Crippen LogP) is 4.90. The van der Waals surface area contributed by atoms with E-state index in [4.69, 9.17) is 26.1 Å². The van der Waals surface area contributed by atoms with Crippen LogP contribution in [0.15, 0.2) is 47.4 Å². The Morgan fingerprint density at radius 1 is 1.07 bits per heavy atom. The average molecular weight is 388 g/mol. The van der Waals surface area contributed by atoms with Crippen LogP contribution in [0.25, 0.3) is 11.0 Å². The summed E-state index contributed by atoms with van der Waals surface area (Å²) in [5.74, 6) is 2.54. The average Bonchev–Trinajstić information content (AvgIpc) is 3.02. The zero-order valence-electron chi connectivity index (χ0n) is 18.7. The third-order valence-corrected chi connectivity index (χ3v) is 3.93. The van der Waals surface area contributed by atoms with E-state index >= 15 is 0 Å². The van der Waals surface area contributed by atoms with Gasteiger partial charge in [0.15, 0.2) is 22.8 Å². The number of phenols is 1. The Morgan fingerprint density at radius 2 is 1.68 bits per heavy atom. The van der Waals surface area contributed by atoms with Gasteiger partial charge in [-0.3, -0.25) is 0 Å². The van der Waals surface area contributed by atoms with Gasteiger partial charge in [0.25, 0.3) is 0 Å². The summed E-state index contributed by atoms with van der Waals surface area (Å²) < 4.78 is 40.8. The van der Waals surface area contributed by atoms with E-state index in [0.29, 0.717) is 58.2 Å². The van der Waals surface area contributed by atoms with Gasteiger partial charge >= 0.3 is 0 Å². The van der Waals surface area contributed by atoms with Crippen LogP contribution in [0.1, 0.15) is 14.1 Å². The monoisotopic (exact) mass is 388 g/mol. The van der Waals surface area contributed by atoms with E-state index in [1.165, 1.54) is 7.11 Å². The lowest BCUT2D eigenvalue weighted by atomic mass is 10.1. The van der Waals surface area contributed by atoms with Crippen molar-refractivity contribution in [3.05, 3.63) is 54.3 Å². The third kappa shape index (κ3) is 4.52. The molecule has 0 aliphatic heterocycles. The number of rotatable bonds is 6.